The van der Waals surface area contributed by atoms with Crippen LogP contribution in [0.15, 0.2) is 18.2 Å². The monoisotopic (exact) mass is 379 g/mol. The van der Waals surface area contributed by atoms with Crippen molar-refractivity contribution in [2.75, 3.05) is 32.1 Å². The molecule has 1 aromatic rings. The Labute approximate surface area is 148 Å². The molecule has 1 saturated heterocycles. The van der Waals surface area contributed by atoms with E-state index in [0.29, 0.717) is 25.9 Å². The van der Waals surface area contributed by atoms with Crippen molar-refractivity contribution in [1.29, 1.82) is 0 Å². The highest BCUT2D eigenvalue weighted by Gasteiger charge is 2.32. The van der Waals surface area contributed by atoms with Gasteiger partial charge in [0, 0.05) is 12.8 Å². The lowest BCUT2D eigenvalue weighted by Gasteiger charge is -2.27. The van der Waals surface area contributed by atoms with Crippen molar-refractivity contribution in [2.45, 2.75) is 19.0 Å². The maximum atomic E-state index is 12.7. The standard InChI is InChI=1S/C16H18ClF3N2O3/c1-25-15(24)10-4-6-22(7-5-10)9-14(23)21-13-8-11(16(18,19)20)2-3-12(13)17/h2-3,8,10H,4-7,9H2,1H3,(H,21,23)/p+1. The van der Waals surface area contributed by atoms with Gasteiger partial charge in [0.05, 0.1) is 42.4 Å². The van der Waals surface area contributed by atoms with Crippen LogP contribution in [0.1, 0.15) is 18.4 Å². The van der Waals surface area contributed by atoms with Crippen molar-refractivity contribution in [1.82, 2.24) is 0 Å². The van der Waals surface area contributed by atoms with Gasteiger partial charge >= 0.3 is 12.1 Å². The first kappa shape index (κ1) is 19.5. The largest absolute Gasteiger partial charge is 0.469 e. The number of rotatable bonds is 4. The van der Waals surface area contributed by atoms with Crippen molar-refractivity contribution in [3.63, 3.8) is 0 Å². The van der Waals surface area contributed by atoms with Crippen LogP contribution >= 0.6 is 11.6 Å². The third kappa shape index (κ3) is 5.34. The second-order valence-corrected chi connectivity index (χ2v) is 6.37. The Bertz CT molecular complexity index is 644. The molecule has 0 unspecified atom stereocenters. The van der Waals surface area contributed by atoms with Crippen molar-refractivity contribution < 1.29 is 32.4 Å². The summed E-state index contributed by atoms with van der Waals surface area (Å²) < 4.78 is 42.9. The maximum Gasteiger partial charge on any atom is 0.416 e. The molecule has 0 aromatic heterocycles. The van der Waals surface area contributed by atoms with Crippen LogP contribution in [0, 0.1) is 5.92 Å². The number of likely N-dealkylation sites (tertiary alicyclic amines) is 1. The Morgan fingerprint density at radius 2 is 1.96 bits per heavy atom. The minimum absolute atomic E-state index is 0.0424. The molecule has 0 spiro atoms. The highest BCUT2D eigenvalue weighted by molar-refractivity contribution is 6.33. The molecule has 0 aliphatic carbocycles. The van der Waals surface area contributed by atoms with Gasteiger partial charge in [-0.15, -0.1) is 0 Å². The van der Waals surface area contributed by atoms with Gasteiger partial charge in [-0.2, -0.15) is 13.2 Å². The molecule has 1 heterocycles. The predicted octanol–water partition coefficient (Wildman–Crippen LogP) is 1.77. The molecular formula is C16H19ClF3N2O3+. The Balaban J connectivity index is 1.92. The number of esters is 1. The molecule has 25 heavy (non-hydrogen) atoms. The third-order valence-electron chi connectivity index (χ3n) is 4.21. The molecule has 1 aliphatic heterocycles. The maximum absolute atomic E-state index is 12.7. The number of benzene rings is 1. The number of methoxy groups -OCH3 is 1. The van der Waals surface area contributed by atoms with E-state index in [1.165, 1.54) is 7.11 Å². The van der Waals surface area contributed by atoms with Crippen LogP contribution in [0.3, 0.4) is 0 Å². The molecular weight excluding hydrogens is 361 g/mol. The van der Waals surface area contributed by atoms with E-state index in [-0.39, 0.29) is 29.1 Å². The molecule has 0 radical (unpaired) electrons. The minimum Gasteiger partial charge on any atom is -0.469 e. The average Bonchev–Trinajstić information content (AvgIpc) is 2.55. The summed E-state index contributed by atoms with van der Waals surface area (Å²) in [5, 5.41) is 2.47. The molecule has 1 aromatic carbocycles. The van der Waals surface area contributed by atoms with E-state index in [1.54, 1.807) is 0 Å². The lowest BCUT2D eigenvalue weighted by Crippen LogP contribution is -3.14. The van der Waals surface area contributed by atoms with Crippen LogP contribution in [0.2, 0.25) is 5.02 Å². The first-order valence-corrected chi connectivity index (χ1v) is 8.16. The van der Waals surface area contributed by atoms with E-state index in [0.717, 1.165) is 23.1 Å². The molecule has 2 rings (SSSR count). The lowest BCUT2D eigenvalue weighted by molar-refractivity contribution is -0.897. The number of anilines is 1. The number of halogens is 4. The number of hydrogen-bond acceptors (Lipinski definition) is 3. The highest BCUT2D eigenvalue weighted by atomic mass is 35.5. The first-order chi connectivity index (χ1) is 11.7. The first-order valence-electron chi connectivity index (χ1n) is 7.78. The van der Waals surface area contributed by atoms with E-state index < -0.39 is 17.6 Å². The normalized spacial score (nSPS) is 20.8. The summed E-state index contributed by atoms with van der Waals surface area (Å²) in [5.41, 5.74) is -0.941. The zero-order valence-electron chi connectivity index (χ0n) is 13.6. The number of amides is 1. The number of carbonyl (C=O) groups excluding carboxylic acids is 2. The van der Waals surface area contributed by atoms with Gasteiger partial charge in [0.1, 0.15) is 0 Å². The fourth-order valence-corrected chi connectivity index (χ4v) is 2.99. The van der Waals surface area contributed by atoms with E-state index in [9.17, 15) is 22.8 Å². The number of piperidine rings is 1. The van der Waals surface area contributed by atoms with Gasteiger partial charge < -0.3 is 15.0 Å². The molecule has 1 amide bonds. The Kier molecular flexibility index (Phi) is 6.29. The smallest absolute Gasteiger partial charge is 0.416 e. The van der Waals surface area contributed by atoms with E-state index in [1.807, 2.05) is 0 Å². The number of alkyl halides is 3. The molecule has 2 N–H and O–H groups in total. The summed E-state index contributed by atoms with van der Waals surface area (Å²) in [6.45, 7) is 1.33. The molecule has 0 bridgehead atoms. The minimum atomic E-state index is -4.51. The lowest BCUT2D eigenvalue weighted by atomic mass is 9.97. The number of quaternary nitrogens is 1. The van der Waals surface area contributed by atoms with Gasteiger partial charge in [0.15, 0.2) is 6.54 Å². The topological polar surface area (TPSA) is 59.8 Å². The predicted molar refractivity (Wildman–Crippen MR) is 85.4 cm³/mol. The second kappa shape index (κ2) is 8.05. The van der Waals surface area contributed by atoms with Crippen LogP contribution in [0.25, 0.3) is 0 Å². The van der Waals surface area contributed by atoms with Crippen molar-refractivity contribution in [3.8, 4) is 0 Å². The van der Waals surface area contributed by atoms with Gasteiger partial charge in [-0.05, 0) is 18.2 Å². The van der Waals surface area contributed by atoms with Crippen molar-refractivity contribution in [3.05, 3.63) is 28.8 Å². The van der Waals surface area contributed by atoms with E-state index in [4.69, 9.17) is 16.3 Å². The summed E-state index contributed by atoms with van der Waals surface area (Å²) in [5.74, 6) is -0.832. The third-order valence-corrected chi connectivity index (χ3v) is 4.54. The van der Waals surface area contributed by atoms with Crippen LogP contribution in [-0.4, -0.2) is 38.6 Å². The van der Waals surface area contributed by atoms with Gasteiger partial charge in [-0.25, -0.2) is 0 Å². The quantitative estimate of drug-likeness (QED) is 0.784. The van der Waals surface area contributed by atoms with Crippen LogP contribution in [-0.2, 0) is 20.5 Å². The van der Waals surface area contributed by atoms with Gasteiger partial charge in [0.25, 0.3) is 5.91 Å². The van der Waals surface area contributed by atoms with Crippen LogP contribution < -0.4 is 10.2 Å². The summed E-state index contributed by atoms with van der Waals surface area (Å²) >= 11 is 5.86. The van der Waals surface area contributed by atoms with Gasteiger partial charge in [-0.1, -0.05) is 11.6 Å². The molecule has 0 atom stereocenters. The number of ether oxygens (including phenoxy) is 1. The van der Waals surface area contributed by atoms with E-state index >= 15 is 0 Å². The molecule has 5 nitrogen and oxygen atoms in total. The fraction of sp³-hybridized carbons (Fsp3) is 0.500. The van der Waals surface area contributed by atoms with E-state index in [2.05, 4.69) is 5.32 Å². The average molecular weight is 380 g/mol. The van der Waals surface area contributed by atoms with Crippen LogP contribution in [0.4, 0.5) is 18.9 Å². The molecule has 0 saturated carbocycles. The number of carbonyl (C=O) groups is 2. The molecule has 1 fully saturated rings. The number of hydrogen-bond donors (Lipinski definition) is 2. The SMILES string of the molecule is COC(=O)C1CC[NH+](CC(=O)Nc2cc(C(F)(F)F)ccc2Cl)CC1. The molecule has 9 heteroatoms. The van der Waals surface area contributed by atoms with Crippen molar-refractivity contribution in [2.24, 2.45) is 5.92 Å². The zero-order chi connectivity index (χ0) is 18.6. The number of nitrogens with one attached hydrogen (secondary N) is 2. The van der Waals surface area contributed by atoms with Gasteiger partial charge in [0.2, 0.25) is 0 Å². The summed E-state index contributed by atoms with van der Waals surface area (Å²) in [7, 11) is 1.34. The van der Waals surface area contributed by atoms with Gasteiger partial charge in [-0.3, -0.25) is 9.59 Å². The van der Waals surface area contributed by atoms with Crippen molar-refractivity contribution >= 4 is 29.2 Å². The Morgan fingerprint density at radius 3 is 2.52 bits per heavy atom. The summed E-state index contributed by atoms with van der Waals surface area (Å²) in [6, 6.07) is 2.79. The summed E-state index contributed by atoms with van der Waals surface area (Å²) in [6.07, 6.45) is -3.29. The molecule has 138 valence electrons. The Morgan fingerprint density at radius 1 is 1.32 bits per heavy atom. The zero-order valence-corrected chi connectivity index (χ0v) is 14.3. The Hall–Kier alpha value is -1.80. The molecule has 1 aliphatic rings. The second-order valence-electron chi connectivity index (χ2n) is 5.96. The highest BCUT2D eigenvalue weighted by Crippen LogP contribution is 2.33. The summed E-state index contributed by atoms with van der Waals surface area (Å²) in [4.78, 5) is 24.5. The fourth-order valence-electron chi connectivity index (χ4n) is 2.82. The van der Waals surface area contributed by atoms with Crippen LogP contribution in [0.5, 0.6) is 0 Å².